The zero-order valence-corrected chi connectivity index (χ0v) is 10.8. The van der Waals surface area contributed by atoms with Crippen molar-refractivity contribution < 1.29 is 14.9 Å². The van der Waals surface area contributed by atoms with Crippen molar-refractivity contribution in [3.05, 3.63) is 49.6 Å². The summed E-state index contributed by atoms with van der Waals surface area (Å²) in [6, 6.07) is 0. The molecule has 1 aromatic rings. The number of ether oxygens (including phenoxy) is 1. The summed E-state index contributed by atoms with van der Waals surface area (Å²) >= 11 is 0. The van der Waals surface area contributed by atoms with Crippen LogP contribution in [0.2, 0.25) is 0 Å². The fourth-order valence-corrected chi connectivity index (χ4v) is 2.06. The van der Waals surface area contributed by atoms with Crippen molar-refractivity contribution in [2.24, 2.45) is 5.11 Å². The van der Waals surface area contributed by atoms with Gasteiger partial charge in [0.1, 0.15) is 12.3 Å². The molecule has 1 aliphatic heterocycles. The third kappa shape index (κ3) is 2.88. The highest BCUT2D eigenvalue weighted by molar-refractivity contribution is 5.60. The normalized spacial score (nSPS) is 24.6. The Hall–Kier alpha value is -2.39. The first-order chi connectivity index (χ1) is 9.97. The Morgan fingerprint density at radius 3 is 2.95 bits per heavy atom. The molecule has 3 atom stereocenters. The van der Waals surface area contributed by atoms with Crippen LogP contribution in [0.3, 0.4) is 0 Å². The van der Waals surface area contributed by atoms with Crippen molar-refractivity contribution in [3.63, 3.8) is 0 Å². The Kier molecular flexibility index (Phi) is 4.24. The quantitative estimate of drug-likeness (QED) is 0.386. The van der Waals surface area contributed by atoms with Crippen molar-refractivity contribution in [2.75, 3.05) is 6.61 Å². The van der Waals surface area contributed by atoms with E-state index >= 15 is 0 Å². The molecule has 0 radical (unpaired) electrons. The first-order valence-electron chi connectivity index (χ1n) is 6.02. The zero-order valence-electron chi connectivity index (χ0n) is 10.8. The summed E-state index contributed by atoms with van der Waals surface area (Å²) < 4.78 is 6.38. The highest BCUT2D eigenvalue weighted by Crippen LogP contribution is 2.27. The maximum absolute atomic E-state index is 11.8. The van der Waals surface area contributed by atoms with Gasteiger partial charge in [-0.05, 0) is 5.53 Å². The zero-order chi connectivity index (χ0) is 15.6. The molecule has 112 valence electrons. The number of aliphatic hydroxyl groups excluding tert-OH is 2. The molecule has 0 aliphatic carbocycles. The number of hydrogen-bond donors (Lipinski definition) is 3. The fraction of sp³-hybridized carbons (Fsp3) is 0.455. The number of nitrogens with zero attached hydrogens (tertiary/aromatic N) is 4. The summed E-state index contributed by atoms with van der Waals surface area (Å²) in [5.41, 5.74) is 6.64. The topological polar surface area (TPSA) is 153 Å². The molecular formula is C11H13N5O5. The molecule has 1 saturated heterocycles. The van der Waals surface area contributed by atoms with E-state index in [0.717, 1.165) is 10.8 Å². The van der Waals surface area contributed by atoms with Crippen LogP contribution < -0.4 is 11.2 Å². The lowest BCUT2D eigenvalue weighted by Gasteiger charge is -2.15. The Morgan fingerprint density at radius 2 is 2.38 bits per heavy atom. The van der Waals surface area contributed by atoms with Crippen molar-refractivity contribution in [3.8, 4) is 0 Å². The van der Waals surface area contributed by atoms with Crippen molar-refractivity contribution >= 4 is 5.70 Å². The van der Waals surface area contributed by atoms with Crippen LogP contribution in [0, 0.1) is 0 Å². The number of aromatic amines is 1. The molecule has 0 saturated carbocycles. The third-order valence-electron chi connectivity index (χ3n) is 3.14. The standard InChI is InChI=1S/C11H13N5O5/c1-5(14-15-12)6-3-16(11(20)13-10(6)19)9-2-7(18)8(4-17)21-9/h3,7-9,17-18H,1-2,4H2,(H,13,19,20). The molecule has 2 rings (SSSR count). The van der Waals surface area contributed by atoms with Gasteiger partial charge in [0, 0.05) is 23.2 Å². The van der Waals surface area contributed by atoms with E-state index in [4.69, 9.17) is 15.4 Å². The molecule has 3 unspecified atom stereocenters. The molecule has 1 aliphatic rings. The van der Waals surface area contributed by atoms with Gasteiger partial charge in [-0.25, -0.2) is 4.79 Å². The van der Waals surface area contributed by atoms with Gasteiger partial charge in [0.15, 0.2) is 0 Å². The number of aromatic nitrogens is 2. The molecule has 10 nitrogen and oxygen atoms in total. The second kappa shape index (κ2) is 5.94. The van der Waals surface area contributed by atoms with Gasteiger partial charge in [-0.2, -0.15) is 0 Å². The number of hydrogen-bond acceptors (Lipinski definition) is 6. The predicted molar refractivity (Wildman–Crippen MR) is 71.1 cm³/mol. The number of azide groups is 1. The molecule has 0 aromatic carbocycles. The maximum atomic E-state index is 11.8. The average Bonchev–Trinajstić information content (AvgIpc) is 2.80. The number of nitrogens with one attached hydrogen (secondary N) is 1. The molecule has 1 fully saturated rings. The highest BCUT2D eigenvalue weighted by atomic mass is 16.5. The SMILES string of the molecule is C=C(N=[N+]=[N-])c1cn(C2CC(O)C(CO)O2)c(=O)[nH]c1=O. The van der Waals surface area contributed by atoms with Crippen LogP contribution in [0.15, 0.2) is 27.5 Å². The van der Waals surface area contributed by atoms with Gasteiger partial charge >= 0.3 is 5.69 Å². The minimum absolute atomic E-state index is 0.0740. The highest BCUT2D eigenvalue weighted by Gasteiger charge is 2.35. The Morgan fingerprint density at radius 1 is 1.67 bits per heavy atom. The van der Waals surface area contributed by atoms with Crippen LogP contribution in [-0.2, 0) is 4.74 Å². The molecule has 0 bridgehead atoms. The van der Waals surface area contributed by atoms with Crippen LogP contribution >= 0.6 is 0 Å². The lowest BCUT2D eigenvalue weighted by Crippen LogP contribution is -2.34. The molecule has 1 aromatic heterocycles. The fourth-order valence-electron chi connectivity index (χ4n) is 2.06. The van der Waals surface area contributed by atoms with E-state index < -0.39 is 36.3 Å². The van der Waals surface area contributed by atoms with Crippen molar-refractivity contribution in [1.82, 2.24) is 9.55 Å². The molecular weight excluding hydrogens is 282 g/mol. The largest absolute Gasteiger partial charge is 0.394 e. The van der Waals surface area contributed by atoms with Gasteiger partial charge in [0.2, 0.25) is 0 Å². The van der Waals surface area contributed by atoms with Crippen LogP contribution in [0.25, 0.3) is 16.1 Å². The van der Waals surface area contributed by atoms with E-state index in [2.05, 4.69) is 21.6 Å². The lowest BCUT2D eigenvalue weighted by atomic mass is 10.2. The number of rotatable bonds is 4. The van der Waals surface area contributed by atoms with Gasteiger partial charge in [0.25, 0.3) is 5.56 Å². The van der Waals surface area contributed by atoms with Gasteiger partial charge < -0.3 is 14.9 Å². The Labute approximate surface area is 117 Å². The molecule has 0 spiro atoms. The van der Waals surface area contributed by atoms with E-state index in [1.54, 1.807) is 0 Å². The summed E-state index contributed by atoms with van der Waals surface area (Å²) in [6.45, 7) is 3.04. The summed E-state index contributed by atoms with van der Waals surface area (Å²) in [5.74, 6) is 0. The molecule has 0 amide bonds. The average molecular weight is 295 g/mol. The van der Waals surface area contributed by atoms with Crippen molar-refractivity contribution in [2.45, 2.75) is 24.9 Å². The van der Waals surface area contributed by atoms with E-state index in [-0.39, 0.29) is 17.7 Å². The van der Waals surface area contributed by atoms with E-state index in [9.17, 15) is 14.7 Å². The third-order valence-corrected chi connectivity index (χ3v) is 3.14. The first kappa shape index (κ1) is 15.0. The van der Waals surface area contributed by atoms with Crippen LogP contribution in [0.5, 0.6) is 0 Å². The smallest absolute Gasteiger partial charge is 0.330 e. The predicted octanol–water partition coefficient (Wildman–Crippen LogP) is -0.542. The summed E-state index contributed by atoms with van der Waals surface area (Å²) in [7, 11) is 0. The van der Waals surface area contributed by atoms with Gasteiger partial charge in [-0.1, -0.05) is 11.7 Å². The molecule has 3 N–H and O–H groups in total. The molecule has 10 heteroatoms. The van der Waals surface area contributed by atoms with Crippen molar-refractivity contribution in [1.29, 1.82) is 0 Å². The second-order valence-corrected chi connectivity index (χ2v) is 4.46. The minimum Gasteiger partial charge on any atom is -0.394 e. The number of aliphatic hydroxyl groups is 2. The first-order valence-corrected chi connectivity index (χ1v) is 6.02. The van der Waals surface area contributed by atoms with Gasteiger partial charge in [-0.3, -0.25) is 14.3 Å². The molecule has 2 heterocycles. The van der Waals surface area contributed by atoms with Gasteiger partial charge in [-0.15, -0.1) is 0 Å². The maximum Gasteiger partial charge on any atom is 0.330 e. The van der Waals surface area contributed by atoms with E-state index in [0.29, 0.717) is 0 Å². The Bertz CT molecular complexity index is 716. The summed E-state index contributed by atoms with van der Waals surface area (Å²) in [4.78, 5) is 28.1. The molecule has 21 heavy (non-hydrogen) atoms. The second-order valence-electron chi connectivity index (χ2n) is 4.46. The minimum atomic E-state index is -0.928. The lowest BCUT2D eigenvalue weighted by molar-refractivity contribution is -0.0459. The summed E-state index contributed by atoms with van der Waals surface area (Å²) in [5, 5.41) is 21.9. The van der Waals surface area contributed by atoms with Crippen LogP contribution in [0.4, 0.5) is 0 Å². The van der Waals surface area contributed by atoms with E-state index in [1.807, 2.05) is 0 Å². The summed E-state index contributed by atoms with van der Waals surface area (Å²) in [6.07, 6.45) is -1.36. The van der Waals surface area contributed by atoms with E-state index in [1.165, 1.54) is 0 Å². The van der Waals surface area contributed by atoms with Crippen LogP contribution in [0.1, 0.15) is 18.2 Å². The van der Waals surface area contributed by atoms with Gasteiger partial charge in [0.05, 0.1) is 18.3 Å². The monoisotopic (exact) mass is 295 g/mol. The number of H-pyrrole nitrogens is 1. The Balaban J connectivity index is 2.44. The van der Waals surface area contributed by atoms with Crippen LogP contribution in [-0.4, -0.2) is 38.6 Å².